The van der Waals surface area contributed by atoms with Crippen LogP contribution < -0.4 is 5.32 Å². The van der Waals surface area contributed by atoms with E-state index >= 15 is 0 Å². The Morgan fingerprint density at radius 2 is 1.90 bits per heavy atom. The zero-order valence-corrected chi connectivity index (χ0v) is 12.0. The second kappa shape index (κ2) is 4.95. The van der Waals surface area contributed by atoms with Gasteiger partial charge in [-0.05, 0) is 41.7 Å². The van der Waals surface area contributed by atoms with Crippen LogP contribution in [0.4, 0.5) is 5.69 Å². The van der Waals surface area contributed by atoms with Gasteiger partial charge in [0.1, 0.15) is 0 Å². The molecule has 0 heterocycles. The first kappa shape index (κ1) is 13.2. The molecule has 2 unspecified atom stereocenters. The Morgan fingerprint density at radius 1 is 1.20 bits per heavy atom. The number of anilines is 1. The average Bonchev–Trinajstić information content (AvgIpc) is 3.14. The predicted molar refractivity (Wildman–Crippen MR) is 82.3 cm³/mol. The molecule has 0 radical (unpaired) electrons. The topological polar surface area (TPSA) is 29.1 Å². The Hall–Kier alpha value is -1.80. The number of benzene rings is 2. The molecule has 20 heavy (non-hydrogen) atoms. The van der Waals surface area contributed by atoms with Crippen molar-refractivity contribution in [2.45, 2.75) is 24.7 Å². The van der Waals surface area contributed by atoms with Crippen LogP contribution in [0.1, 0.15) is 30.4 Å². The van der Waals surface area contributed by atoms with Crippen molar-refractivity contribution in [2.24, 2.45) is 0 Å². The van der Waals surface area contributed by atoms with E-state index in [1.165, 1.54) is 11.1 Å². The molecule has 2 nitrogen and oxygen atoms in total. The van der Waals surface area contributed by atoms with Crippen LogP contribution in [0.25, 0.3) is 0 Å². The summed E-state index contributed by atoms with van der Waals surface area (Å²) < 4.78 is 0. The fraction of sp³-hybridized carbons (Fsp3) is 0.235. The SMILES string of the molecule is CC1(c2ccccc2NC=O)CC1c1ccc(Cl)cc1. The normalized spacial score (nSPS) is 24.2. The summed E-state index contributed by atoms with van der Waals surface area (Å²) in [5.41, 5.74) is 3.49. The van der Waals surface area contributed by atoms with Crippen molar-refractivity contribution in [3.05, 3.63) is 64.7 Å². The molecule has 0 saturated heterocycles. The molecule has 1 aliphatic carbocycles. The van der Waals surface area contributed by atoms with Gasteiger partial charge in [0.15, 0.2) is 0 Å². The number of amides is 1. The molecular weight excluding hydrogens is 270 g/mol. The number of nitrogens with one attached hydrogen (secondary N) is 1. The molecule has 3 heteroatoms. The monoisotopic (exact) mass is 285 g/mol. The van der Waals surface area contributed by atoms with Gasteiger partial charge in [-0.15, -0.1) is 0 Å². The predicted octanol–water partition coefficient (Wildman–Crippen LogP) is 4.35. The van der Waals surface area contributed by atoms with Crippen LogP contribution >= 0.6 is 11.6 Å². The van der Waals surface area contributed by atoms with E-state index in [2.05, 4.69) is 30.4 Å². The van der Waals surface area contributed by atoms with E-state index in [9.17, 15) is 4.79 Å². The van der Waals surface area contributed by atoms with Gasteiger partial charge in [0.05, 0.1) is 0 Å². The first-order valence-electron chi connectivity index (χ1n) is 6.70. The average molecular weight is 286 g/mol. The highest BCUT2D eigenvalue weighted by molar-refractivity contribution is 6.30. The standard InChI is InChI=1S/C17H16ClNO/c1-17(14-4-2-3-5-16(14)19-11-20)10-15(17)12-6-8-13(18)9-7-12/h2-9,11,15H,10H2,1H3,(H,19,20). The molecule has 3 rings (SSSR count). The molecule has 2 atom stereocenters. The van der Waals surface area contributed by atoms with Gasteiger partial charge in [0, 0.05) is 16.1 Å². The molecule has 1 fully saturated rings. The van der Waals surface area contributed by atoms with Crippen molar-refractivity contribution in [2.75, 3.05) is 5.32 Å². The third kappa shape index (κ3) is 2.20. The summed E-state index contributed by atoms with van der Waals surface area (Å²) in [5.74, 6) is 0.481. The van der Waals surface area contributed by atoms with Gasteiger partial charge < -0.3 is 5.32 Å². The first-order chi connectivity index (χ1) is 9.65. The lowest BCUT2D eigenvalue weighted by molar-refractivity contribution is -0.105. The lowest BCUT2D eigenvalue weighted by atomic mass is 9.91. The molecule has 2 aromatic carbocycles. The Labute approximate surface area is 123 Å². The molecule has 2 aromatic rings. The van der Waals surface area contributed by atoms with Gasteiger partial charge in [0.25, 0.3) is 0 Å². The maximum Gasteiger partial charge on any atom is 0.211 e. The summed E-state index contributed by atoms with van der Waals surface area (Å²) in [7, 11) is 0. The summed E-state index contributed by atoms with van der Waals surface area (Å²) in [6.07, 6.45) is 1.83. The molecule has 0 spiro atoms. The van der Waals surface area contributed by atoms with Gasteiger partial charge in [-0.1, -0.05) is 48.9 Å². The van der Waals surface area contributed by atoms with Crippen molar-refractivity contribution in [3.8, 4) is 0 Å². The van der Waals surface area contributed by atoms with Gasteiger partial charge in [-0.2, -0.15) is 0 Å². The van der Waals surface area contributed by atoms with Crippen LogP contribution in [0, 0.1) is 0 Å². The van der Waals surface area contributed by atoms with Crippen molar-refractivity contribution >= 4 is 23.7 Å². The van der Waals surface area contributed by atoms with E-state index in [0.717, 1.165) is 23.5 Å². The Kier molecular flexibility index (Phi) is 3.27. The van der Waals surface area contributed by atoms with Gasteiger partial charge >= 0.3 is 0 Å². The second-order valence-electron chi connectivity index (χ2n) is 5.53. The Morgan fingerprint density at radius 3 is 2.60 bits per heavy atom. The van der Waals surface area contributed by atoms with Crippen LogP contribution in [-0.2, 0) is 10.2 Å². The lowest BCUT2D eigenvalue weighted by Crippen LogP contribution is -2.08. The second-order valence-corrected chi connectivity index (χ2v) is 5.97. The van der Waals surface area contributed by atoms with E-state index < -0.39 is 0 Å². The fourth-order valence-corrected chi connectivity index (χ4v) is 3.14. The quantitative estimate of drug-likeness (QED) is 0.831. The minimum Gasteiger partial charge on any atom is -0.328 e. The lowest BCUT2D eigenvalue weighted by Gasteiger charge is -2.16. The summed E-state index contributed by atoms with van der Waals surface area (Å²) >= 11 is 5.94. The summed E-state index contributed by atoms with van der Waals surface area (Å²) in [6.45, 7) is 2.25. The van der Waals surface area contributed by atoms with Crippen molar-refractivity contribution in [1.29, 1.82) is 0 Å². The summed E-state index contributed by atoms with van der Waals surface area (Å²) in [5, 5.41) is 3.57. The van der Waals surface area contributed by atoms with E-state index in [0.29, 0.717) is 5.92 Å². The van der Waals surface area contributed by atoms with Crippen LogP contribution in [0.5, 0.6) is 0 Å². The highest BCUT2D eigenvalue weighted by Crippen LogP contribution is 2.61. The number of halogens is 1. The molecular formula is C17H16ClNO. The molecule has 1 amide bonds. The zero-order chi connectivity index (χ0) is 14.2. The molecule has 1 saturated carbocycles. The summed E-state index contributed by atoms with van der Waals surface area (Å²) in [6, 6.07) is 16.1. The van der Waals surface area contributed by atoms with E-state index in [-0.39, 0.29) is 5.41 Å². The molecule has 0 bridgehead atoms. The Balaban J connectivity index is 1.92. The Bertz CT molecular complexity index is 638. The van der Waals surface area contributed by atoms with E-state index in [4.69, 9.17) is 11.6 Å². The molecule has 0 aromatic heterocycles. The third-order valence-corrected chi connectivity index (χ3v) is 4.52. The third-order valence-electron chi connectivity index (χ3n) is 4.27. The molecule has 1 N–H and O–H groups in total. The number of rotatable bonds is 4. The maximum absolute atomic E-state index is 10.7. The highest BCUT2D eigenvalue weighted by Gasteiger charge is 2.52. The summed E-state index contributed by atoms with van der Waals surface area (Å²) in [4.78, 5) is 10.7. The van der Waals surface area contributed by atoms with Gasteiger partial charge in [-0.3, -0.25) is 4.79 Å². The van der Waals surface area contributed by atoms with E-state index in [1.807, 2.05) is 30.3 Å². The molecule has 1 aliphatic rings. The van der Waals surface area contributed by atoms with Gasteiger partial charge in [0.2, 0.25) is 6.41 Å². The number of carbonyl (C=O) groups excluding carboxylic acids is 1. The highest BCUT2D eigenvalue weighted by atomic mass is 35.5. The molecule has 0 aliphatic heterocycles. The minimum absolute atomic E-state index is 0.0838. The first-order valence-corrected chi connectivity index (χ1v) is 7.08. The number of hydrogen-bond donors (Lipinski definition) is 1. The van der Waals surface area contributed by atoms with Crippen LogP contribution in [0.2, 0.25) is 5.02 Å². The maximum atomic E-state index is 10.7. The zero-order valence-electron chi connectivity index (χ0n) is 11.3. The largest absolute Gasteiger partial charge is 0.328 e. The minimum atomic E-state index is 0.0838. The fourth-order valence-electron chi connectivity index (χ4n) is 3.01. The van der Waals surface area contributed by atoms with Gasteiger partial charge in [-0.25, -0.2) is 0 Å². The number of carbonyl (C=O) groups is 1. The van der Waals surface area contributed by atoms with Crippen LogP contribution in [-0.4, -0.2) is 6.41 Å². The molecule has 102 valence electrons. The van der Waals surface area contributed by atoms with E-state index in [1.54, 1.807) is 0 Å². The van der Waals surface area contributed by atoms with Crippen molar-refractivity contribution < 1.29 is 4.79 Å². The number of hydrogen-bond acceptors (Lipinski definition) is 1. The van der Waals surface area contributed by atoms with Crippen molar-refractivity contribution in [1.82, 2.24) is 0 Å². The van der Waals surface area contributed by atoms with Crippen LogP contribution in [0.3, 0.4) is 0 Å². The number of para-hydroxylation sites is 1. The van der Waals surface area contributed by atoms with Crippen LogP contribution in [0.15, 0.2) is 48.5 Å². The smallest absolute Gasteiger partial charge is 0.211 e. The van der Waals surface area contributed by atoms with Crippen molar-refractivity contribution in [3.63, 3.8) is 0 Å².